The first kappa shape index (κ1) is 14.9. The van der Waals surface area contributed by atoms with Crippen LogP contribution < -0.4 is 5.32 Å². The zero-order valence-electron chi connectivity index (χ0n) is 11.4. The van der Waals surface area contributed by atoms with Crippen LogP contribution in [-0.4, -0.2) is 16.2 Å². The lowest BCUT2D eigenvalue weighted by Gasteiger charge is -2.09. The molecule has 2 aromatic carbocycles. The summed E-state index contributed by atoms with van der Waals surface area (Å²) < 4.78 is 42.9. The fourth-order valence-electron chi connectivity index (χ4n) is 2.05. The van der Waals surface area contributed by atoms with E-state index in [9.17, 15) is 23.1 Å². The van der Waals surface area contributed by atoms with Crippen molar-refractivity contribution in [3.63, 3.8) is 0 Å². The first-order valence-electron chi connectivity index (χ1n) is 6.41. The van der Waals surface area contributed by atoms with Gasteiger partial charge in [0.25, 0.3) is 5.91 Å². The Morgan fingerprint density at radius 1 is 1.17 bits per heavy atom. The molecular formula is C15H9F3N2O3. The minimum absolute atomic E-state index is 0.0141. The molecule has 0 saturated heterocycles. The average Bonchev–Trinajstić information content (AvgIpc) is 2.89. The van der Waals surface area contributed by atoms with E-state index < -0.39 is 17.6 Å². The van der Waals surface area contributed by atoms with Crippen LogP contribution in [0.5, 0.6) is 5.75 Å². The maximum atomic E-state index is 12.7. The van der Waals surface area contributed by atoms with E-state index >= 15 is 0 Å². The van der Waals surface area contributed by atoms with Crippen LogP contribution in [0.25, 0.3) is 11.0 Å². The van der Waals surface area contributed by atoms with Crippen LogP contribution in [-0.2, 0) is 6.18 Å². The van der Waals surface area contributed by atoms with Crippen LogP contribution >= 0.6 is 0 Å². The number of aromatic nitrogens is 1. The zero-order chi connectivity index (χ0) is 16.6. The van der Waals surface area contributed by atoms with Gasteiger partial charge in [0.05, 0.1) is 10.9 Å². The second-order valence-electron chi connectivity index (χ2n) is 4.74. The third-order valence-electron chi connectivity index (χ3n) is 3.12. The molecule has 118 valence electrons. The molecule has 0 bridgehead atoms. The number of aromatic hydroxyl groups is 1. The Morgan fingerprint density at radius 2 is 1.96 bits per heavy atom. The van der Waals surface area contributed by atoms with Gasteiger partial charge in [-0.2, -0.15) is 13.2 Å². The van der Waals surface area contributed by atoms with Gasteiger partial charge in [-0.25, -0.2) is 0 Å². The molecule has 23 heavy (non-hydrogen) atoms. The second-order valence-corrected chi connectivity index (χ2v) is 4.74. The van der Waals surface area contributed by atoms with E-state index in [1.165, 1.54) is 30.3 Å². The highest BCUT2D eigenvalue weighted by Gasteiger charge is 2.30. The predicted molar refractivity (Wildman–Crippen MR) is 75.1 cm³/mol. The SMILES string of the molecule is O=C(Nc1cccc(C(F)(F)F)c1)c1noc2cc(O)ccc12. The summed E-state index contributed by atoms with van der Waals surface area (Å²) in [7, 11) is 0. The number of fused-ring (bicyclic) bond motifs is 1. The molecule has 0 atom stereocenters. The lowest BCUT2D eigenvalue weighted by Crippen LogP contribution is -2.13. The molecule has 1 aromatic heterocycles. The summed E-state index contributed by atoms with van der Waals surface area (Å²) in [6.45, 7) is 0. The number of nitrogens with one attached hydrogen (secondary N) is 1. The van der Waals surface area contributed by atoms with Crippen molar-refractivity contribution in [2.24, 2.45) is 0 Å². The summed E-state index contributed by atoms with van der Waals surface area (Å²) in [5.74, 6) is -0.771. The van der Waals surface area contributed by atoms with Crippen LogP contribution in [0.2, 0.25) is 0 Å². The minimum Gasteiger partial charge on any atom is -0.508 e. The van der Waals surface area contributed by atoms with Crippen LogP contribution in [0.15, 0.2) is 47.0 Å². The van der Waals surface area contributed by atoms with Gasteiger partial charge in [0, 0.05) is 11.8 Å². The van der Waals surface area contributed by atoms with Gasteiger partial charge in [0.2, 0.25) is 0 Å². The molecule has 8 heteroatoms. The quantitative estimate of drug-likeness (QED) is 0.752. The number of phenols is 1. The van der Waals surface area contributed by atoms with Crippen molar-refractivity contribution in [1.82, 2.24) is 5.16 Å². The molecule has 0 saturated carbocycles. The Hall–Kier alpha value is -3.03. The van der Waals surface area contributed by atoms with E-state index in [4.69, 9.17) is 4.52 Å². The molecule has 0 radical (unpaired) electrons. The first-order valence-corrected chi connectivity index (χ1v) is 6.41. The highest BCUT2D eigenvalue weighted by molar-refractivity contribution is 6.10. The maximum Gasteiger partial charge on any atom is 0.416 e. The van der Waals surface area contributed by atoms with Crippen molar-refractivity contribution < 1.29 is 27.6 Å². The molecule has 3 aromatic rings. The Morgan fingerprint density at radius 3 is 2.70 bits per heavy atom. The van der Waals surface area contributed by atoms with Gasteiger partial charge in [0.15, 0.2) is 11.3 Å². The predicted octanol–water partition coefficient (Wildman–Crippen LogP) is 3.80. The van der Waals surface area contributed by atoms with Gasteiger partial charge in [0.1, 0.15) is 5.75 Å². The Balaban J connectivity index is 1.89. The number of nitrogens with zero attached hydrogens (tertiary/aromatic N) is 1. The number of hydrogen-bond acceptors (Lipinski definition) is 4. The lowest BCUT2D eigenvalue weighted by atomic mass is 10.1. The van der Waals surface area contributed by atoms with Crippen molar-refractivity contribution in [2.45, 2.75) is 6.18 Å². The molecule has 5 nitrogen and oxygen atoms in total. The number of phenolic OH excluding ortho intramolecular Hbond substituents is 1. The molecule has 2 N–H and O–H groups in total. The molecule has 0 aliphatic carbocycles. The second kappa shape index (κ2) is 5.31. The van der Waals surface area contributed by atoms with Crippen molar-refractivity contribution in [2.75, 3.05) is 5.32 Å². The molecule has 0 unspecified atom stereocenters. The van der Waals surface area contributed by atoms with Gasteiger partial charge in [-0.1, -0.05) is 11.2 Å². The van der Waals surface area contributed by atoms with Crippen LogP contribution in [0.4, 0.5) is 18.9 Å². The largest absolute Gasteiger partial charge is 0.508 e. The Bertz CT molecular complexity index is 887. The lowest BCUT2D eigenvalue weighted by molar-refractivity contribution is -0.137. The molecule has 3 rings (SSSR count). The smallest absolute Gasteiger partial charge is 0.416 e. The average molecular weight is 322 g/mol. The summed E-state index contributed by atoms with van der Waals surface area (Å²) >= 11 is 0. The van der Waals surface area contributed by atoms with E-state index in [-0.39, 0.29) is 22.7 Å². The van der Waals surface area contributed by atoms with E-state index in [1.54, 1.807) is 0 Å². The van der Waals surface area contributed by atoms with Gasteiger partial charge >= 0.3 is 6.18 Å². The fourth-order valence-corrected chi connectivity index (χ4v) is 2.05. The van der Waals surface area contributed by atoms with Crippen LogP contribution in [0.3, 0.4) is 0 Å². The summed E-state index contributed by atoms with van der Waals surface area (Å²) in [5.41, 5.74) is -0.776. The monoisotopic (exact) mass is 322 g/mol. The summed E-state index contributed by atoms with van der Waals surface area (Å²) in [4.78, 5) is 12.2. The van der Waals surface area contributed by atoms with Crippen molar-refractivity contribution >= 4 is 22.6 Å². The van der Waals surface area contributed by atoms with Gasteiger partial charge in [-0.05, 0) is 30.3 Å². The van der Waals surface area contributed by atoms with Crippen LogP contribution in [0, 0.1) is 0 Å². The molecule has 1 heterocycles. The minimum atomic E-state index is -4.50. The highest BCUT2D eigenvalue weighted by atomic mass is 19.4. The first-order chi connectivity index (χ1) is 10.8. The number of benzene rings is 2. The summed E-state index contributed by atoms with van der Waals surface area (Å²) in [6.07, 6.45) is -4.50. The van der Waals surface area contributed by atoms with Crippen LogP contribution in [0.1, 0.15) is 16.1 Å². The number of alkyl halides is 3. The normalized spacial score (nSPS) is 11.6. The molecule has 1 amide bonds. The maximum absolute atomic E-state index is 12.7. The van der Waals surface area contributed by atoms with Gasteiger partial charge in [-0.3, -0.25) is 4.79 Å². The highest BCUT2D eigenvalue weighted by Crippen LogP contribution is 2.31. The number of carbonyl (C=O) groups excluding carboxylic acids is 1. The molecule has 0 aliphatic rings. The topological polar surface area (TPSA) is 75.4 Å². The number of anilines is 1. The number of halogens is 3. The van der Waals surface area contributed by atoms with E-state index in [0.29, 0.717) is 5.39 Å². The number of carbonyl (C=O) groups is 1. The van der Waals surface area contributed by atoms with Gasteiger partial charge < -0.3 is 14.9 Å². The van der Waals surface area contributed by atoms with Gasteiger partial charge in [-0.15, -0.1) is 0 Å². The van der Waals surface area contributed by atoms with E-state index in [0.717, 1.165) is 12.1 Å². The van der Waals surface area contributed by atoms with E-state index in [2.05, 4.69) is 10.5 Å². The Kier molecular flexibility index (Phi) is 3.44. The third-order valence-corrected chi connectivity index (χ3v) is 3.12. The summed E-state index contributed by atoms with van der Waals surface area (Å²) in [5, 5.41) is 15.6. The number of amides is 1. The zero-order valence-corrected chi connectivity index (χ0v) is 11.4. The van der Waals surface area contributed by atoms with E-state index in [1.807, 2.05) is 0 Å². The number of rotatable bonds is 2. The summed E-state index contributed by atoms with van der Waals surface area (Å²) in [6, 6.07) is 8.32. The van der Waals surface area contributed by atoms with Crippen molar-refractivity contribution in [3.8, 4) is 5.75 Å². The Labute approximate surface area is 127 Å². The fraction of sp³-hybridized carbons (Fsp3) is 0.0667. The third kappa shape index (κ3) is 2.96. The number of hydrogen-bond donors (Lipinski definition) is 2. The molecule has 0 fully saturated rings. The van der Waals surface area contributed by atoms with Crippen molar-refractivity contribution in [1.29, 1.82) is 0 Å². The molecule has 0 aliphatic heterocycles. The molecular weight excluding hydrogens is 313 g/mol. The van der Waals surface area contributed by atoms with Crippen molar-refractivity contribution in [3.05, 3.63) is 53.7 Å². The standard InChI is InChI=1S/C15H9F3N2O3/c16-15(17,18)8-2-1-3-9(6-8)19-14(22)13-11-5-4-10(21)7-12(11)23-20-13/h1-7,21H,(H,19,22). The molecule has 0 spiro atoms.